The van der Waals surface area contributed by atoms with Crippen LogP contribution in [-0.2, 0) is 16.1 Å². The van der Waals surface area contributed by atoms with Crippen LogP contribution in [0.1, 0.15) is 29.5 Å². The molecule has 7 heteroatoms. The number of likely N-dealkylation sites (N-methyl/N-ethyl adjacent to an activating group) is 2. The average molecular weight is 406 g/mol. The summed E-state index contributed by atoms with van der Waals surface area (Å²) in [6, 6.07) is 9.95. The minimum absolute atomic E-state index is 0.0302. The standard InChI is InChI=1S/C23H26N4O3/c1-15-19(18-6-4-5-7-20(18)30-15)13-27(3)22(29)9-8-16-10-17-12-26(2)14-21(28)25-23(17)24-11-16/h4-11,15,19H,12-14H2,1-3H3,(H,24,25,28)/b9-8+. The van der Waals surface area contributed by atoms with E-state index >= 15 is 0 Å². The van der Waals surface area contributed by atoms with Crippen LogP contribution in [0, 0.1) is 0 Å². The first-order chi connectivity index (χ1) is 14.4. The molecule has 0 saturated heterocycles. The first-order valence-corrected chi connectivity index (χ1v) is 10.1. The molecule has 2 aliphatic heterocycles. The Labute approximate surface area is 176 Å². The number of amides is 2. The second kappa shape index (κ2) is 8.28. The predicted octanol–water partition coefficient (Wildman–Crippen LogP) is 2.50. The summed E-state index contributed by atoms with van der Waals surface area (Å²) < 4.78 is 5.91. The topological polar surface area (TPSA) is 74.8 Å². The number of nitrogens with one attached hydrogen (secondary N) is 1. The number of fused-ring (bicyclic) bond motifs is 2. The fourth-order valence-corrected chi connectivity index (χ4v) is 3.97. The van der Waals surface area contributed by atoms with E-state index in [0.717, 1.165) is 22.4 Å². The van der Waals surface area contributed by atoms with E-state index in [0.29, 0.717) is 25.5 Å². The summed E-state index contributed by atoms with van der Waals surface area (Å²) in [7, 11) is 3.70. The molecular weight excluding hydrogens is 380 g/mol. The Morgan fingerprint density at radius 2 is 2.17 bits per heavy atom. The molecular formula is C23H26N4O3. The van der Waals surface area contributed by atoms with Gasteiger partial charge >= 0.3 is 0 Å². The summed E-state index contributed by atoms with van der Waals surface area (Å²) in [5, 5.41) is 2.81. The lowest BCUT2D eigenvalue weighted by Gasteiger charge is -2.22. The molecule has 2 amide bonds. The van der Waals surface area contributed by atoms with Gasteiger partial charge in [0.2, 0.25) is 11.8 Å². The fraction of sp³-hybridized carbons (Fsp3) is 0.348. The number of rotatable bonds is 4. The molecule has 0 spiro atoms. The van der Waals surface area contributed by atoms with Gasteiger partial charge in [-0.25, -0.2) is 4.98 Å². The SMILES string of the molecule is CC1Oc2ccccc2C1CN(C)C(=O)/C=C/c1cnc2c(c1)CN(C)CC(=O)N2. The smallest absolute Gasteiger partial charge is 0.246 e. The van der Waals surface area contributed by atoms with Crippen LogP contribution in [0.5, 0.6) is 5.75 Å². The molecule has 7 nitrogen and oxygen atoms in total. The highest BCUT2D eigenvalue weighted by Crippen LogP contribution is 2.38. The molecule has 3 heterocycles. The lowest BCUT2D eigenvalue weighted by molar-refractivity contribution is -0.125. The Morgan fingerprint density at radius 3 is 3.00 bits per heavy atom. The number of nitrogens with zero attached hydrogens (tertiary/aromatic N) is 3. The number of aromatic nitrogens is 1. The third-order valence-electron chi connectivity index (χ3n) is 5.56. The van der Waals surface area contributed by atoms with Gasteiger partial charge in [0.05, 0.1) is 6.54 Å². The van der Waals surface area contributed by atoms with Crippen LogP contribution in [0.2, 0.25) is 0 Å². The molecule has 0 aliphatic carbocycles. The Balaban J connectivity index is 1.43. The van der Waals surface area contributed by atoms with Crippen molar-refractivity contribution >= 4 is 23.7 Å². The van der Waals surface area contributed by atoms with Crippen LogP contribution in [0.15, 0.2) is 42.6 Å². The maximum atomic E-state index is 12.7. The fourth-order valence-electron chi connectivity index (χ4n) is 3.97. The average Bonchev–Trinajstić information content (AvgIpc) is 2.93. The monoisotopic (exact) mass is 406 g/mol. The maximum Gasteiger partial charge on any atom is 0.246 e. The van der Waals surface area contributed by atoms with Crippen molar-refractivity contribution in [1.29, 1.82) is 0 Å². The van der Waals surface area contributed by atoms with E-state index in [1.54, 1.807) is 30.3 Å². The van der Waals surface area contributed by atoms with Gasteiger partial charge in [0.15, 0.2) is 0 Å². The summed E-state index contributed by atoms with van der Waals surface area (Å²) in [6.45, 7) is 3.57. The Bertz CT molecular complexity index is 1000. The molecule has 2 unspecified atom stereocenters. The molecule has 2 aliphatic rings. The van der Waals surface area contributed by atoms with Gasteiger partial charge in [-0.2, -0.15) is 0 Å². The van der Waals surface area contributed by atoms with Gasteiger partial charge in [0.25, 0.3) is 0 Å². The van der Waals surface area contributed by atoms with Crippen molar-refractivity contribution in [2.24, 2.45) is 0 Å². The number of ether oxygens (including phenoxy) is 1. The Kier molecular flexibility index (Phi) is 5.55. The van der Waals surface area contributed by atoms with Gasteiger partial charge in [-0.15, -0.1) is 0 Å². The van der Waals surface area contributed by atoms with Gasteiger partial charge < -0.3 is 15.0 Å². The molecule has 0 bridgehead atoms. The van der Waals surface area contributed by atoms with Crippen LogP contribution in [0.4, 0.5) is 5.82 Å². The van der Waals surface area contributed by atoms with Crippen molar-refractivity contribution in [3.63, 3.8) is 0 Å². The summed E-state index contributed by atoms with van der Waals surface area (Å²) in [4.78, 5) is 32.5. The zero-order valence-electron chi connectivity index (χ0n) is 17.5. The lowest BCUT2D eigenvalue weighted by atomic mass is 9.96. The van der Waals surface area contributed by atoms with Gasteiger partial charge in [0, 0.05) is 49.5 Å². The van der Waals surface area contributed by atoms with Crippen LogP contribution in [0.25, 0.3) is 6.08 Å². The normalized spacial score (nSPS) is 20.8. The number of pyridine rings is 1. The zero-order chi connectivity index (χ0) is 21.3. The van der Waals surface area contributed by atoms with Crippen molar-refractivity contribution in [2.75, 3.05) is 32.5 Å². The van der Waals surface area contributed by atoms with E-state index in [-0.39, 0.29) is 23.8 Å². The second-order valence-corrected chi connectivity index (χ2v) is 8.02. The number of benzene rings is 1. The predicted molar refractivity (Wildman–Crippen MR) is 115 cm³/mol. The van der Waals surface area contributed by atoms with E-state index in [1.165, 1.54) is 0 Å². The van der Waals surface area contributed by atoms with Crippen molar-refractivity contribution in [3.05, 3.63) is 59.3 Å². The third-order valence-corrected chi connectivity index (χ3v) is 5.56. The number of para-hydroxylation sites is 1. The van der Waals surface area contributed by atoms with E-state index in [2.05, 4.69) is 16.4 Å². The molecule has 0 radical (unpaired) electrons. The van der Waals surface area contributed by atoms with Crippen molar-refractivity contribution < 1.29 is 14.3 Å². The number of carbonyl (C=O) groups excluding carboxylic acids is 2. The minimum atomic E-state index is -0.0769. The first kappa shape index (κ1) is 20.1. The largest absolute Gasteiger partial charge is 0.490 e. The number of hydrogen-bond donors (Lipinski definition) is 1. The molecule has 0 fully saturated rings. The Hall–Kier alpha value is -3.19. The van der Waals surface area contributed by atoms with Gasteiger partial charge in [0.1, 0.15) is 17.7 Å². The quantitative estimate of drug-likeness (QED) is 0.790. The summed E-state index contributed by atoms with van der Waals surface area (Å²) in [5.41, 5.74) is 2.90. The highest BCUT2D eigenvalue weighted by atomic mass is 16.5. The third kappa shape index (κ3) is 4.21. The molecule has 2 aromatic rings. The lowest BCUT2D eigenvalue weighted by Crippen LogP contribution is -2.32. The van der Waals surface area contributed by atoms with Crippen molar-refractivity contribution in [1.82, 2.24) is 14.8 Å². The minimum Gasteiger partial charge on any atom is -0.490 e. The first-order valence-electron chi connectivity index (χ1n) is 10.1. The molecule has 30 heavy (non-hydrogen) atoms. The summed E-state index contributed by atoms with van der Waals surface area (Å²) in [5.74, 6) is 1.48. The summed E-state index contributed by atoms with van der Waals surface area (Å²) >= 11 is 0. The van der Waals surface area contributed by atoms with E-state index in [4.69, 9.17) is 4.74 Å². The summed E-state index contributed by atoms with van der Waals surface area (Å²) in [6.07, 6.45) is 5.02. The molecule has 4 rings (SSSR count). The van der Waals surface area contributed by atoms with Crippen LogP contribution in [0.3, 0.4) is 0 Å². The maximum absolute atomic E-state index is 12.7. The van der Waals surface area contributed by atoms with Gasteiger partial charge in [-0.05, 0) is 37.7 Å². The molecule has 1 aromatic carbocycles. The van der Waals surface area contributed by atoms with Crippen molar-refractivity contribution in [2.45, 2.75) is 25.5 Å². The molecule has 1 aromatic heterocycles. The number of anilines is 1. The molecule has 2 atom stereocenters. The van der Waals surface area contributed by atoms with Crippen LogP contribution in [-0.4, -0.2) is 59.9 Å². The molecule has 1 N–H and O–H groups in total. The van der Waals surface area contributed by atoms with E-state index in [9.17, 15) is 9.59 Å². The van der Waals surface area contributed by atoms with Gasteiger partial charge in [-0.3, -0.25) is 14.5 Å². The van der Waals surface area contributed by atoms with E-state index < -0.39 is 0 Å². The van der Waals surface area contributed by atoms with Crippen LogP contribution >= 0.6 is 0 Å². The van der Waals surface area contributed by atoms with Gasteiger partial charge in [-0.1, -0.05) is 18.2 Å². The highest BCUT2D eigenvalue weighted by Gasteiger charge is 2.32. The number of hydrogen-bond acceptors (Lipinski definition) is 5. The number of carbonyl (C=O) groups is 2. The Morgan fingerprint density at radius 1 is 1.37 bits per heavy atom. The molecule has 156 valence electrons. The second-order valence-electron chi connectivity index (χ2n) is 8.02. The highest BCUT2D eigenvalue weighted by molar-refractivity contribution is 5.93. The molecule has 0 saturated carbocycles. The van der Waals surface area contributed by atoms with Crippen LogP contribution < -0.4 is 10.1 Å². The zero-order valence-corrected chi connectivity index (χ0v) is 17.5. The van der Waals surface area contributed by atoms with E-state index in [1.807, 2.05) is 43.1 Å². The van der Waals surface area contributed by atoms with Crippen molar-refractivity contribution in [3.8, 4) is 5.75 Å².